The van der Waals surface area contributed by atoms with Crippen LogP contribution in [0.4, 0.5) is 0 Å². The molecular weight excluding hydrogens is 234 g/mol. The summed E-state index contributed by atoms with van der Waals surface area (Å²) in [5, 5.41) is 3.56. The van der Waals surface area contributed by atoms with Gasteiger partial charge in [0.2, 0.25) is 0 Å². The highest BCUT2D eigenvalue weighted by Crippen LogP contribution is 2.10. The maximum Gasteiger partial charge on any atom is 0.0195 e. The Kier molecular flexibility index (Phi) is 7.33. The van der Waals surface area contributed by atoms with Gasteiger partial charge in [0, 0.05) is 31.2 Å². The van der Waals surface area contributed by atoms with E-state index in [2.05, 4.69) is 49.9 Å². The van der Waals surface area contributed by atoms with E-state index in [0.29, 0.717) is 0 Å². The molecule has 0 aromatic rings. The van der Waals surface area contributed by atoms with Crippen LogP contribution in [0.2, 0.25) is 0 Å². The molecule has 19 heavy (non-hydrogen) atoms. The second kappa shape index (κ2) is 8.23. The van der Waals surface area contributed by atoms with E-state index in [1.54, 1.807) is 0 Å². The summed E-state index contributed by atoms with van der Waals surface area (Å²) in [7, 11) is 2.23. The third-order valence-corrected chi connectivity index (χ3v) is 4.00. The highest BCUT2D eigenvalue weighted by Gasteiger charge is 2.20. The van der Waals surface area contributed by atoms with Crippen molar-refractivity contribution in [2.45, 2.75) is 65.0 Å². The molecule has 1 atom stereocenters. The predicted octanol–water partition coefficient (Wildman–Crippen LogP) is 2.57. The van der Waals surface area contributed by atoms with Gasteiger partial charge in [-0.15, -0.1) is 0 Å². The van der Waals surface area contributed by atoms with Crippen LogP contribution < -0.4 is 5.32 Å². The summed E-state index contributed by atoms with van der Waals surface area (Å²) in [4.78, 5) is 5.10. The average Bonchev–Trinajstić information content (AvgIpc) is 2.29. The fourth-order valence-corrected chi connectivity index (χ4v) is 2.77. The molecule has 1 saturated heterocycles. The lowest BCUT2D eigenvalue weighted by atomic mass is 10.1. The fourth-order valence-electron chi connectivity index (χ4n) is 2.77. The molecule has 114 valence electrons. The van der Waals surface area contributed by atoms with Crippen LogP contribution >= 0.6 is 0 Å². The zero-order valence-corrected chi connectivity index (χ0v) is 13.8. The molecule has 0 saturated carbocycles. The molecule has 1 fully saturated rings. The van der Waals surface area contributed by atoms with Gasteiger partial charge in [-0.25, -0.2) is 0 Å². The van der Waals surface area contributed by atoms with Gasteiger partial charge in [-0.3, -0.25) is 4.90 Å². The van der Waals surface area contributed by atoms with Gasteiger partial charge < -0.3 is 10.2 Å². The molecule has 0 spiro atoms. The van der Waals surface area contributed by atoms with Crippen molar-refractivity contribution in [3.63, 3.8) is 0 Å². The fraction of sp³-hybridized carbons (Fsp3) is 1.00. The molecule has 1 aliphatic rings. The van der Waals surface area contributed by atoms with Crippen molar-refractivity contribution in [2.24, 2.45) is 0 Å². The van der Waals surface area contributed by atoms with Gasteiger partial charge >= 0.3 is 0 Å². The van der Waals surface area contributed by atoms with Gasteiger partial charge in [0.05, 0.1) is 0 Å². The van der Waals surface area contributed by atoms with E-state index >= 15 is 0 Å². The van der Waals surface area contributed by atoms with Crippen LogP contribution in [0, 0.1) is 0 Å². The predicted molar refractivity (Wildman–Crippen MR) is 84.8 cm³/mol. The summed E-state index contributed by atoms with van der Waals surface area (Å²) in [5.74, 6) is 0. The monoisotopic (exact) mass is 269 g/mol. The number of hydrogen-bond acceptors (Lipinski definition) is 3. The lowest BCUT2D eigenvalue weighted by molar-refractivity contribution is 0.0984. The third kappa shape index (κ3) is 7.91. The van der Waals surface area contributed by atoms with Gasteiger partial charge in [0.1, 0.15) is 0 Å². The van der Waals surface area contributed by atoms with Crippen molar-refractivity contribution in [1.82, 2.24) is 15.1 Å². The zero-order chi connectivity index (χ0) is 14.3. The summed E-state index contributed by atoms with van der Waals surface area (Å²) in [6.45, 7) is 15.3. The van der Waals surface area contributed by atoms with Crippen molar-refractivity contribution in [1.29, 1.82) is 0 Å². The van der Waals surface area contributed by atoms with Crippen molar-refractivity contribution < 1.29 is 0 Å². The number of nitrogens with one attached hydrogen (secondary N) is 1. The SMILES string of the molecule is CC1CN(C)CCN1CCCCCCNC(C)(C)C. The largest absolute Gasteiger partial charge is 0.312 e. The smallest absolute Gasteiger partial charge is 0.0195 e. The van der Waals surface area contributed by atoms with Crippen LogP contribution in [-0.4, -0.2) is 61.2 Å². The lowest BCUT2D eigenvalue weighted by Gasteiger charge is -2.38. The Labute approximate surface area is 120 Å². The van der Waals surface area contributed by atoms with Gasteiger partial charge in [0.15, 0.2) is 0 Å². The van der Waals surface area contributed by atoms with Crippen LogP contribution in [0.5, 0.6) is 0 Å². The van der Waals surface area contributed by atoms with E-state index in [0.717, 1.165) is 12.6 Å². The van der Waals surface area contributed by atoms with E-state index in [4.69, 9.17) is 0 Å². The van der Waals surface area contributed by atoms with Crippen molar-refractivity contribution in [2.75, 3.05) is 39.8 Å². The Morgan fingerprint density at radius 1 is 1.05 bits per heavy atom. The first-order chi connectivity index (χ1) is 8.88. The normalized spacial score (nSPS) is 22.9. The maximum atomic E-state index is 3.56. The molecule has 0 amide bonds. The van der Waals surface area contributed by atoms with Crippen LogP contribution in [0.3, 0.4) is 0 Å². The molecule has 0 aliphatic carbocycles. The number of rotatable bonds is 7. The van der Waals surface area contributed by atoms with E-state index < -0.39 is 0 Å². The van der Waals surface area contributed by atoms with E-state index in [9.17, 15) is 0 Å². The molecule has 1 unspecified atom stereocenters. The molecule has 0 aromatic carbocycles. The molecule has 3 heteroatoms. The molecule has 0 bridgehead atoms. The van der Waals surface area contributed by atoms with Gasteiger partial charge in [-0.2, -0.15) is 0 Å². The highest BCUT2D eigenvalue weighted by atomic mass is 15.3. The van der Waals surface area contributed by atoms with Crippen molar-refractivity contribution >= 4 is 0 Å². The first-order valence-corrected chi connectivity index (χ1v) is 8.06. The summed E-state index contributed by atoms with van der Waals surface area (Å²) in [5.41, 5.74) is 0.273. The molecule has 3 nitrogen and oxygen atoms in total. The molecule has 1 N–H and O–H groups in total. The van der Waals surface area contributed by atoms with Crippen LogP contribution in [-0.2, 0) is 0 Å². The summed E-state index contributed by atoms with van der Waals surface area (Å²) in [6, 6.07) is 0.737. The minimum Gasteiger partial charge on any atom is -0.312 e. The van der Waals surface area contributed by atoms with Gasteiger partial charge in [-0.05, 0) is 60.7 Å². The van der Waals surface area contributed by atoms with Crippen molar-refractivity contribution in [3.8, 4) is 0 Å². The summed E-state index contributed by atoms with van der Waals surface area (Å²) < 4.78 is 0. The molecule has 1 rings (SSSR count). The standard InChI is InChI=1S/C16H35N3/c1-15-14-18(5)12-13-19(15)11-9-7-6-8-10-17-16(2,3)4/h15,17H,6-14H2,1-5H3. The Balaban J connectivity index is 1.96. The van der Waals surface area contributed by atoms with Crippen LogP contribution in [0.15, 0.2) is 0 Å². The van der Waals surface area contributed by atoms with E-state index in [1.165, 1.54) is 51.9 Å². The summed E-state index contributed by atoms with van der Waals surface area (Å²) >= 11 is 0. The first kappa shape index (κ1) is 16.9. The Hall–Kier alpha value is -0.120. The zero-order valence-electron chi connectivity index (χ0n) is 13.8. The van der Waals surface area contributed by atoms with Gasteiger partial charge in [-0.1, -0.05) is 12.8 Å². The topological polar surface area (TPSA) is 18.5 Å². The average molecular weight is 269 g/mol. The number of likely N-dealkylation sites (N-methyl/N-ethyl adjacent to an activating group) is 1. The number of piperazine rings is 1. The lowest BCUT2D eigenvalue weighted by Crippen LogP contribution is -2.50. The van der Waals surface area contributed by atoms with Crippen LogP contribution in [0.1, 0.15) is 53.4 Å². The number of unbranched alkanes of at least 4 members (excludes halogenated alkanes) is 3. The molecular formula is C16H35N3. The highest BCUT2D eigenvalue weighted by molar-refractivity contribution is 4.77. The Bertz CT molecular complexity index is 235. The maximum absolute atomic E-state index is 3.56. The molecule has 1 heterocycles. The Morgan fingerprint density at radius 2 is 1.74 bits per heavy atom. The number of hydrogen-bond donors (Lipinski definition) is 1. The van der Waals surface area contributed by atoms with Gasteiger partial charge in [0.25, 0.3) is 0 Å². The number of nitrogens with zero attached hydrogens (tertiary/aromatic N) is 2. The molecule has 1 aliphatic heterocycles. The second-order valence-electron chi connectivity index (χ2n) is 7.24. The third-order valence-electron chi connectivity index (χ3n) is 4.00. The second-order valence-corrected chi connectivity index (χ2v) is 7.24. The minimum absolute atomic E-state index is 0.273. The molecule has 0 radical (unpaired) electrons. The van der Waals surface area contributed by atoms with Crippen LogP contribution in [0.25, 0.3) is 0 Å². The van der Waals surface area contributed by atoms with E-state index in [-0.39, 0.29) is 5.54 Å². The minimum atomic E-state index is 0.273. The van der Waals surface area contributed by atoms with E-state index in [1.807, 2.05) is 0 Å². The molecule has 0 aromatic heterocycles. The first-order valence-electron chi connectivity index (χ1n) is 8.06. The van der Waals surface area contributed by atoms with Crippen molar-refractivity contribution in [3.05, 3.63) is 0 Å². The summed E-state index contributed by atoms with van der Waals surface area (Å²) in [6.07, 6.45) is 5.43. The quantitative estimate of drug-likeness (QED) is 0.717. The Morgan fingerprint density at radius 3 is 2.37 bits per heavy atom.